The Kier molecular flexibility index (Phi) is 6.68. The average Bonchev–Trinajstić information content (AvgIpc) is 2.75. The summed E-state index contributed by atoms with van der Waals surface area (Å²) in [5.74, 6) is 0. The van der Waals surface area contributed by atoms with Gasteiger partial charge in [-0.3, -0.25) is 4.98 Å². The fourth-order valence-electron chi connectivity index (χ4n) is 6.74. The smallest absolute Gasteiger partial charge is 0.102 e. The highest BCUT2D eigenvalue weighted by Gasteiger charge is 2.57. The highest BCUT2D eigenvalue weighted by molar-refractivity contribution is 7.77. The molecule has 1 nitrogen and oxygen atoms in total. The van der Waals surface area contributed by atoms with E-state index in [0.717, 1.165) is 17.0 Å². The van der Waals surface area contributed by atoms with Gasteiger partial charge in [-0.1, -0.05) is 25.3 Å². The lowest BCUT2D eigenvalue weighted by molar-refractivity contribution is 0.450. The van der Waals surface area contributed by atoms with Crippen LogP contribution in [0.3, 0.4) is 0 Å². The summed E-state index contributed by atoms with van der Waals surface area (Å²) in [7, 11) is -1.01. The summed E-state index contributed by atoms with van der Waals surface area (Å²) in [5.41, 5.74) is 4.65. The van der Waals surface area contributed by atoms with Crippen LogP contribution in [0.15, 0.2) is 24.4 Å². The van der Waals surface area contributed by atoms with Crippen LogP contribution in [0.4, 0.5) is 0 Å². The van der Waals surface area contributed by atoms with Gasteiger partial charge in [0.1, 0.15) is 6.16 Å². The first kappa shape index (κ1) is 18.9. The first-order valence-corrected chi connectivity index (χ1v) is 13.8. The van der Waals surface area contributed by atoms with Crippen molar-refractivity contribution >= 4 is 7.26 Å². The number of aromatic nitrogens is 1. The van der Waals surface area contributed by atoms with Crippen molar-refractivity contribution in [3.63, 3.8) is 0 Å². The Morgan fingerprint density at radius 3 is 1.50 bits per heavy atom. The first-order valence-electron chi connectivity index (χ1n) is 11.7. The third-order valence-corrected chi connectivity index (χ3v) is 14.4. The van der Waals surface area contributed by atoms with E-state index in [1.807, 2.05) is 6.20 Å². The van der Waals surface area contributed by atoms with E-state index in [1.54, 1.807) is 38.5 Å². The lowest BCUT2D eigenvalue weighted by atomic mass is 9.99. The molecular weight excluding hydrogens is 333 g/mol. The molecule has 0 N–H and O–H groups in total. The van der Waals surface area contributed by atoms with Gasteiger partial charge in [-0.25, -0.2) is 0 Å². The van der Waals surface area contributed by atoms with Crippen molar-refractivity contribution in [2.24, 2.45) is 0 Å². The third-order valence-electron chi connectivity index (χ3n) is 7.93. The van der Waals surface area contributed by atoms with E-state index < -0.39 is 7.26 Å². The molecule has 0 aliphatic heterocycles. The summed E-state index contributed by atoms with van der Waals surface area (Å²) in [6.07, 6.45) is 26.3. The van der Waals surface area contributed by atoms with E-state index in [4.69, 9.17) is 4.98 Å². The van der Waals surface area contributed by atoms with E-state index in [9.17, 15) is 0 Å². The summed E-state index contributed by atoms with van der Waals surface area (Å²) in [6.45, 7) is 0. The molecule has 0 radical (unpaired) electrons. The molecule has 3 aliphatic carbocycles. The maximum absolute atomic E-state index is 4.88. The first-order chi connectivity index (χ1) is 12.9. The fraction of sp³-hybridized carbons (Fsp3) is 0.792. The van der Waals surface area contributed by atoms with Crippen molar-refractivity contribution in [3.05, 3.63) is 30.1 Å². The van der Waals surface area contributed by atoms with Crippen LogP contribution in [0.25, 0.3) is 0 Å². The van der Waals surface area contributed by atoms with E-state index >= 15 is 0 Å². The summed E-state index contributed by atoms with van der Waals surface area (Å²) in [4.78, 5) is 4.88. The van der Waals surface area contributed by atoms with Gasteiger partial charge in [-0.15, -0.1) is 0 Å². The topological polar surface area (TPSA) is 12.9 Å². The number of rotatable bonds is 5. The van der Waals surface area contributed by atoms with Crippen LogP contribution in [-0.2, 0) is 6.16 Å². The van der Waals surface area contributed by atoms with Crippen LogP contribution >= 0.6 is 7.26 Å². The van der Waals surface area contributed by atoms with Crippen LogP contribution in [0.5, 0.6) is 0 Å². The van der Waals surface area contributed by atoms with Gasteiger partial charge in [0.15, 0.2) is 0 Å². The second-order valence-corrected chi connectivity index (χ2v) is 13.8. The van der Waals surface area contributed by atoms with Gasteiger partial charge in [-0.05, 0) is 89.2 Å². The van der Waals surface area contributed by atoms with Gasteiger partial charge in [0.25, 0.3) is 0 Å². The molecule has 1 aromatic rings. The molecule has 0 atom stereocenters. The van der Waals surface area contributed by atoms with Crippen LogP contribution in [0.2, 0.25) is 0 Å². The largest absolute Gasteiger partial charge is 0.257 e. The zero-order valence-electron chi connectivity index (χ0n) is 16.7. The summed E-state index contributed by atoms with van der Waals surface area (Å²) in [6, 6.07) is 6.69. The highest BCUT2D eigenvalue weighted by atomic mass is 31.2. The number of hydrogen-bond donors (Lipinski definition) is 0. The van der Waals surface area contributed by atoms with Gasteiger partial charge < -0.3 is 0 Å². The molecule has 0 saturated heterocycles. The van der Waals surface area contributed by atoms with Crippen LogP contribution < -0.4 is 0 Å². The van der Waals surface area contributed by atoms with E-state index in [-0.39, 0.29) is 0 Å². The summed E-state index contributed by atoms with van der Waals surface area (Å²) in [5, 5.41) is 0. The minimum Gasteiger partial charge on any atom is -0.257 e. The second kappa shape index (κ2) is 9.18. The van der Waals surface area contributed by atoms with Gasteiger partial charge in [0.05, 0.1) is 22.7 Å². The predicted molar refractivity (Wildman–Crippen MR) is 115 cm³/mol. The number of nitrogens with zero attached hydrogens (tertiary/aromatic N) is 1. The molecule has 4 rings (SSSR count). The zero-order chi connectivity index (χ0) is 17.7. The quantitative estimate of drug-likeness (QED) is 0.485. The van der Waals surface area contributed by atoms with Crippen LogP contribution in [0, 0.1) is 0 Å². The fourth-order valence-corrected chi connectivity index (χ4v) is 14.0. The minimum absolute atomic E-state index is 1.01. The van der Waals surface area contributed by atoms with Crippen molar-refractivity contribution in [1.29, 1.82) is 0 Å². The summed E-state index contributed by atoms with van der Waals surface area (Å²) < 4.78 is 0. The van der Waals surface area contributed by atoms with Crippen LogP contribution in [-0.4, -0.2) is 22.0 Å². The Balaban J connectivity index is 1.71. The Bertz CT molecular complexity index is 479. The van der Waals surface area contributed by atoms with Crippen molar-refractivity contribution in [1.82, 2.24) is 4.98 Å². The van der Waals surface area contributed by atoms with Gasteiger partial charge in [-0.2, -0.15) is 0 Å². The number of hydrogen-bond acceptors (Lipinski definition) is 1. The lowest BCUT2D eigenvalue weighted by Crippen LogP contribution is -2.37. The molecule has 2 heteroatoms. The zero-order valence-corrected chi connectivity index (χ0v) is 17.6. The molecular formula is C24H39NP+. The van der Waals surface area contributed by atoms with Crippen molar-refractivity contribution in [2.45, 2.75) is 119 Å². The van der Waals surface area contributed by atoms with Crippen molar-refractivity contribution in [3.8, 4) is 0 Å². The lowest BCUT2D eigenvalue weighted by Gasteiger charge is -2.49. The maximum Gasteiger partial charge on any atom is 0.102 e. The SMILES string of the molecule is c1ccc(C[P+](C2CCCCC2)(C2CCCCC2)C2CCCCC2)nc1. The molecule has 3 fully saturated rings. The third kappa shape index (κ3) is 4.04. The van der Waals surface area contributed by atoms with Gasteiger partial charge in [0, 0.05) is 13.5 Å². The van der Waals surface area contributed by atoms with E-state index in [0.29, 0.717) is 0 Å². The molecule has 0 spiro atoms. The number of pyridine rings is 1. The molecule has 0 bridgehead atoms. The normalized spacial score (nSPS) is 24.6. The Labute approximate surface area is 162 Å². The second-order valence-electron chi connectivity index (χ2n) is 9.35. The minimum atomic E-state index is -1.01. The van der Waals surface area contributed by atoms with Crippen LogP contribution in [0.1, 0.15) is 102 Å². The average molecular weight is 373 g/mol. The molecule has 1 heterocycles. The predicted octanol–water partition coefficient (Wildman–Crippen LogP) is 7.60. The maximum atomic E-state index is 4.88. The molecule has 144 valence electrons. The molecule has 1 aromatic heterocycles. The standard InChI is InChI=1S/C24H39NP/c1-4-13-22(14-5-1)26(23-15-6-2-7-16-23,24-17-8-3-9-18-24)20-21-12-10-11-19-25-21/h10-12,19,22-24H,1-9,13-18,20H2/q+1. The molecule has 0 unspecified atom stereocenters. The van der Waals surface area contributed by atoms with E-state index in [1.165, 1.54) is 69.6 Å². The molecule has 3 saturated carbocycles. The highest BCUT2D eigenvalue weighted by Crippen LogP contribution is 2.78. The molecule has 0 aromatic carbocycles. The van der Waals surface area contributed by atoms with E-state index in [2.05, 4.69) is 18.2 Å². The van der Waals surface area contributed by atoms with Crippen molar-refractivity contribution < 1.29 is 0 Å². The molecule has 3 aliphatic rings. The molecule has 26 heavy (non-hydrogen) atoms. The monoisotopic (exact) mass is 372 g/mol. The Morgan fingerprint density at radius 1 is 0.654 bits per heavy atom. The summed E-state index contributed by atoms with van der Waals surface area (Å²) >= 11 is 0. The Hall–Kier alpha value is -0.420. The van der Waals surface area contributed by atoms with Gasteiger partial charge in [0.2, 0.25) is 0 Å². The molecule has 0 amide bonds. The Morgan fingerprint density at radius 2 is 1.12 bits per heavy atom. The van der Waals surface area contributed by atoms with Gasteiger partial charge >= 0.3 is 0 Å². The van der Waals surface area contributed by atoms with Crippen molar-refractivity contribution in [2.75, 3.05) is 0 Å².